The lowest BCUT2D eigenvalue weighted by molar-refractivity contribution is 0.648. The summed E-state index contributed by atoms with van der Waals surface area (Å²) in [6, 6.07) is 8.09. The predicted octanol–water partition coefficient (Wildman–Crippen LogP) is 2.47. The zero-order valence-electron chi connectivity index (χ0n) is 12.2. The van der Waals surface area contributed by atoms with Gasteiger partial charge in [-0.25, -0.2) is 4.98 Å². The minimum atomic E-state index is 0.627. The molecule has 1 saturated carbocycles. The lowest BCUT2D eigenvalue weighted by Gasteiger charge is -2.07. The van der Waals surface area contributed by atoms with E-state index in [1.165, 1.54) is 24.2 Å². The molecule has 0 amide bonds. The van der Waals surface area contributed by atoms with Crippen molar-refractivity contribution in [1.82, 2.24) is 19.3 Å². The molecule has 1 aliphatic carbocycles. The summed E-state index contributed by atoms with van der Waals surface area (Å²) in [5.41, 5.74) is 9.97. The summed E-state index contributed by atoms with van der Waals surface area (Å²) in [6.07, 6.45) is 5.42. The van der Waals surface area contributed by atoms with Crippen molar-refractivity contribution in [2.75, 3.05) is 5.73 Å². The zero-order valence-corrected chi connectivity index (χ0v) is 12.2. The molecule has 0 radical (unpaired) electrons. The number of nitrogens with two attached hydrogens (primary N) is 1. The Bertz CT molecular complexity index is 794. The van der Waals surface area contributed by atoms with Crippen LogP contribution < -0.4 is 5.73 Å². The van der Waals surface area contributed by atoms with Crippen LogP contribution in [0.15, 0.2) is 30.5 Å². The standard InChI is InChI=1S/C16H19N5/c1-20-8-6-13(19-20)7-9-21-15-5-4-12(17)10-14(15)18-16(21)11-2-3-11/h4-6,8,10-11H,2-3,7,9,17H2,1H3. The van der Waals surface area contributed by atoms with E-state index in [1.54, 1.807) is 0 Å². The van der Waals surface area contributed by atoms with Crippen molar-refractivity contribution in [3.8, 4) is 0 Å². The van der Waals surface area contributed by atoms with Gasteiger partial charge in [0.1, 0.15) is 5.82 Å². The summed E-state index contributed by atoms with van der Waals surface area (Å²) >= 11 is 0. The van der Waals surface area contributed by atoms with E-state index in [1.807, 2.05) is 30.1 Å². The fourth-order valence-electron chi connectivity index (χ4n) is 2.88. The van der Waals surface area contributed by atoms with Gasteiger partial charge < -0.3 is 10.3 Å². The van der Waals surface area contributed by atoms with Crippen LogP contribution in [0.3, 0.4) is 0 Å². The van der Waals surface area contributed by atoms with Gasteiger partial charge in [0.2, 0.25) is 0 Å². The Balaban J connectivity index is 1.70. The number of hydrogen-bond donors (Lipinski definition) is 1. The Kier molecular flexibility index (Phi) is 2.74. The van der Waals surface area contributed by atoms with Crippen molar-refractivity contribution < 1.29 is 0 Å². The van der Waals surface area contributed by atoms with Crippen molar-refractivity contribution in [1.29, 1.82) is 0 Å². The van der Waals surface area contributed by atoms with E-state index in [0.29, 0.717) is 5.92 Å². The molecule has 0 aliphatic heterocycles. The second-order valence-corrected chi connectivity index (χ2v) is 5.87. The molecule has 5 nitrogen and oxygen atoms in total. The fourth-order valence-corrected chi connectivity index (χ4v) is 2.88. The predicted molar refractivity (Wildman–Crippen MR) is 83.0 cm³/mol. The quantitative estimate of drug-likeness (QED) is 0.747. The molecule has 0 bridgehead atoms. The number of hydrogen-bond acceptors (Lipinski definition) is 3. The highest BCUT2D eigenvalue weighted by molar-refractivity contribution is 5.79. The number of aromatic nitrogens is 4. The highest BCUT2D eigenvalue weighted by atomic mass is 15.2. The first-order valence-corrected chi connectivity index (χ1v) is 7.45. The molecule has 0 saturated heterocycles. The molecule has 1 aliphatic rings. The molecule has 1 fully saturated rings. The highest BCUT2D eigenvalue weighted by Crippen LogP contribution is 2.40. The summed E-state index contributed by atoms with van der Waals surface area (Å²) in [7, 11) is 1.95. The van der Waals surface area contributed by atoms with Gasteiger partial charge in [0, 0.05) is 37.8 Å². The van der Waals surface area contributed by atoms with Crippen molar-refractivity contribution in [3.05, 3.63) is 42.0 Å². The first-order valence-electron chi connectivity index (χ1n) is 7.45. The smallest absolute Gasteiger partial charge is 0.113 e. The summed E-state index contributed by atoms with van der Waals surface area (Å²) < 4.78 is 4.20. The Morgan fingerprint density at radius 1 is 1.29 bits per heavy atom. The number of anilines is 1. The summed E-state index contributed by atoms with van der Waals surface area (Å²) in [5, 5.41) is 4.46. The van der Waals surface area contributed by atoms with E-state index in [4.69, 9.17) is 10.7 Å². The number of nitrogens with zero attached hydrogens (tertiary/aromatic N) is 4. The molecule has 1 aromatic carbocycles. The topological polar surface area (TPSA) is 61.7 Å². The Morgan fingerprint density at radius 3 is 2.86 bits per heavy atom. The Labute approximate surface area is 123 Å². The number of imidazole rings is 1. The summed E-state index contributed by atoms with van der Waals surface area (Å²) in [6.45, 7) is 0.920. The zero-order chi connectivity index (χ0) is 14.4. The van der Waals surface area contributed by atoms with Crippen LogP contribution in [0.25, 0.3) is 11.0 Å². The van der Waals surface area contributed by atoms with Gasteiger partial charge in [-0.05, 0) is 37.1 Å². The first kappa shape index (κ1) is 12.4. The average molecular weight is 281 g/mol. The third kappa shape index (κ3) is 2.28. The maximum absolute atomic E-state index is 5.88. The highest BCUT2D eigenvalue weighted by Gasteiger charge is 2.29. The maximum Gasteiger partial charge on any atom is 0.113 e. The van der Waals surface area contributed by atoms with Crippen LogP contribution in [0, 0.1) is 0 Å². The van der Waals surface area contributed by atoms with Gasteiger partial charge in [0.15, 0.2) is 0 Å². The van der Waals surface area contributed by atoms with E-state index < -0.39 is 0 Å². The molecule has 0 atom stereocenters. The number of benzene rings is 1. The molecule has 2 aromatic heterocycles. The molecule has 0 unspecified atom stereocenters. The van der Waals surface area contributed by atoms with Gasteiger partial charge in [0.05, 0.1) is 16.7 Å². The maximum atomic E-state index is 5.88. The monoisotopic (exact) mass is 281 g/mol. The number of nitrogen functional groups attached to an aromatic ring is 1. The summed E-state index contributed by atoms with van der Waals surface area (Å²) in [5.74, 6) is 1.84. The van der Waals surface area contributed by atoms with Crippen molar-refractivity contribution >= 4 is 16.7 Å². The molecule has 5 heteroatoms. The van der Waals surface area contributed by atoms with Gasteiger partial charge in [0.25, 0.3) is 0 Å². The Hall–Kier alpha value is -2.30. The van der Waals surface area contributed by atoms with Crippen LogP contribution >= 0.6 is 0 Å². The summed E-state index contributed by atoms with van der Waals surface area (Å²) in [4.78, 5) is 4.81. The molecule has 108 valence electrons. The third-order valence-corrected chi connectivity index (χ3v) is 4.10. The molecular formula is C16H19N5. The average Bonchev–Trinajstić information content (AvgIpc) is 3.13. The van der Waals surface area contributed by atoms with E-state index in [9.17, 15) is 0 Å². The minimum Gasteiger partial charge on any atom is -0.399 e. The largest absolute Gasteiger partial charge is 0.399 e. The van der Waals surface area contributed by atoms with E-state index >= 15 is 0 Å². The normalized spacial score (nSPS) is 14.9. The number of aryl methyl sites for hydroxylation is 3. The second kappa shape index (κ2) is 4.62. The van der Waals surface area contributed by atoms with Crippen LogP contribution in [0.2, 0.25) is 0 Å². The van der Waals surface area contributed by atoms with E-state index in [0.717, 1.165) is 29.9 Å². The van der Waals surface area contributed by atoms with Crippen LogP contribution in [0.1, 0.15) is 30.3 Å². The molecule has 0 spiro atoms. The minimum absolute atomic E-state index is 0.627. The van der Waals surface area contributed by atoms with Crippen LogP contribution in [-0.2, 0) is 20.0 Å². The molecule has 2 heterocycles. The molecular weight excluding hydrogens is 262 g/mol. The van der Waals surface area contributed by atoms with Crippen molar-refractivity contribution in [2.24, 2.45) is 7.05 Å². The van der Waals surface area contributed by atoms with Crippen molar-refractivity contribution in [3.63, 3.8) is 0 Å². The lowest BCUT2D eigenvalue weighted by Crippen LogP contribution is -2.06. The second-order valence-electron chi connectivity index (χ2n) is 5.87. The molecule has 3 aromatic rings. The van der Waals surface area contributed by atoms with Gasteiger partial charge in [-0.3, -0.25) is 4.68 Å². The van der Waals surface area contributed by atoms with Crippen LogP contribution in [0.4, 0.5) is 5.69 Å². The van der Waals surface area contributed by atoms with Gasteiger partial charge in [-0.2, -0.15) is 5.10 Å². The van der Waals surface area contributed by atoms with E-state index in [-0.39, 0.29) is 0 Å². The van der Waals surface area contributed by atoms with Gasteiger partial charge >= 0.3 is 0 Å². The Morgan fingerprint density at radius 2 is 2.14 bits per heavy atom. The van der Waals surface area contributed by atoms with Crippen LogP contribution in [-0.4, -0.2) is 19.3 Å². The molecule has 4 rings (SSSR count). The van der Waals surface area contributed by atoms with E-state index in [2.05, 4.69) is 21.8 Å². The van der Waals surface area contributed by atoms with Gasteiger partial charge in [-0.1, -0.05) is 0 Å². The fraction of sp³-hybridized carbons (Fsp3) is 0.375. The van der Waals surface area contributed by atoms with Gasteiger partial charge in [-0.15, -0.1) is 0 Å². The first-order chi connectivity index (χ1) is 10.2. The molecule has 21 heavy (non-hydrogen) atoms. The third-order valence-electron chi connectivity index (χ3n) is 4.10. The molecule has 2 N–H and O–H groups in total. The van der Waals surface area contributed by atoms with Crippen LogP contribution in [0.5, 0.6) is 0 Å². The van der Waals surface area contributed by atoms with Crippen molar-refractivity contribution in [2.45, 2.75) is 31.7 Å². The lowest BCUT2D eigenvalue weighted by atomic mass is 10.2. The SMILES string of the molecule is Cn1ccc(CCn2c(C3CC3)nc3cc(N)ccc32)n1. The number of fused-ring (bicyclic) bond motifs is 1. The number of rotatable bonds is 4.